The molecule has 1 amide bonds. The van der Waals surface area contributed by atoms with Gasteiger partial charge in [-0.1, -0.05) is 18.8 Å². The summed E-state index contributed by atoms with van der Waals surface area (Å²) in [5.41, 5.74) is 1.50. The Morgan fingerprint density at radius 1 is 1.30 bits per heavy atom. The van der Waals surface area contributed by atoms with Crippen LogP contribution in [0.4, 0.5) is 17.5 Å². The number of aromatic nitrogens is 3. The van der Waals surface area contributed by atoms with Crippen LogP contribution < -0.4 is 20.7 Å². The molecule has 3 rings (SSSR count). The van der Waals surface area contributed by atoms with Gasteiger partial charge in [-0.05, 0) is 38.2 Å². The Morgan fingerprint density at radius 3 is 2.94 bits per heavy atom. The Morgan fingerprint density at radius 2 is 2.18 bits per heavy atom. The van der Waals surface area contributed by atoms with Gasteiger partial charge in [-0.15, -0.1) is 0 Å². The molecule has 0 spiro atoms. The molecular weight excluding hydrogens is 420 g/mol. The van der Waals surface area contributed by atoms with Crippen LogP contribution in [-0.4, -0.2) is 52.3 Å². The minimum atomic E-state index is -0.335. The highest BCUT2D eigenvalue weighted by atomic mass is 16.5. The van der Waals surface area contributed by atoms with Crippen LogP contribution in [0.5, 0.6) is 5.88 Å². The third kappa shape index (κ3) is 7.61. The number of aliphatic hydroxyl groups is 1. The molecule has 1 fully saturated rings. The number of pyridine rings is 1. The van der Waals surface area contributed by atoms with Gasteiger partial charge in [0.2, 0.25) is 17.7 Å². The number of ether oxygens (including phenoxy) is 1. The molecule has 2 aromatic rings. The number of anilines is 3. The molecule has 0 aromatic carbocycles. The predicted molar refractivity (Wildman–Crippen MR) is 127 cm³/mol. The minimum Gasteiger partial charge on any atom is -0.481 e. The molecule has 33 heavy (non-hydrogen) atoms. The summed E-state index contributed by atoms with van der Waals surface area (Å²) in [5.74, 6) is 7.89. The molecule has 176 valence electrons. The lowest BCUT2D eigenvalue weighted by atomic mass is 10.1. The first kappa shape index (κ1) is 24.3. The summed E-state index contributed by atoms with van der Waals surface area (Å²) < 4.78 is 5.15. The molecule has 2 aromatic heterocycles. The standard InChI is InChI=1S/C24H32N6O3/c1-3-11-26-22-18(7-5-4-6-12-27-23(32)17-8-9-20(31)14-17)16-28-24(30-22)29-19-10-13-25-21(15-19)33-2/h10,13,15-17,20,31H,3-4,6,8-9,11-12,14H2,1-2H3,(H,27,32)(H2,25,26,28,29,30)/t17-,20+/m0/s1. The summed E-state index contributed by atoms with van der Waals surface area (Å²) in [6.07, 6.45) is 7.43. The minimum absolute atomic E-state index is 0.0360. The molecule has 2 atom stereocenters. The molecule has 0 unspecified atom stereocenters. The molecule has 0 bridgehead atoms. The quantitative estimate of drug-likeness (QED) is 0.321. The highest BCUT2D eigenvalue weighted by Gasteiger charge is 2.28. The number of hydrogen-bond donors (Lipinski definition) is 4. The van der Waals surface area contributed by atoms with Crippen LogP contribution >= 0.6 is 0 Å². The van der Waals surface area contributed by atoms with Gasteiger partial charge in [0.15, 0.2) is 0 Å². The van der Waals surface area contributed by atoms with E-state index < -0.39 is 0 Å². The van der Waals surface area contributed by atoms with Crippen LogP contribution in [0, 0.1) is 17.8 Å². The van der Waals surface area contributed by atoms with Crippen LogP contribution in [0.25, 0.3) is 0 Å². The molecule has 0 saturated heterocycles. The fraction of sp³-hybridized carbons (Fsp3) is 0.500. The topological polar surface area (TPSA) is 121 Å². The third-order valence-electron chi connectivity index (χ3n) is 5.31. The first-order chi connectivity index (χ1) is 16.1. The van der Waals surface area contributed by atoms with Gasteiger partial charge in [-0.2, -0.15) is 4.98 Å². The lowest BCUT2D eigenvalue weighted by Gasteiger charge is -2.10. The Balaban J connectivity index is 1.54. The van der Waals surface area contributed by atoms with E-state index in [1.54, 1.807) is 25.6 Å². The normalized spacial score (nSPS) is 17.1. The van der Waals surface area contributed by atoms with Gasteiger partial charge in [-0.3, -0.25) is 4.79 Å². The van der Waals surface area contributed by atoms with E-state index >= 15 is 0 Å². The third-order valence-corrected chi connectivity index (χ3v) is 5.31. The van der Waals surface area contributed by atoms with Gasteiger partial charge in [0.1, 0.15) is 5.82 Å². The average molecular weight is 453 g/mol. The largest absolute Gasteiger partial charge is 0.481 e. The van der Waals surface area contributed by atoms with Crippen LogP contribution in [0.15, 0.2) is 24.5 Å². The van der Waals surface area contributed by atoms with Gasteiger partial charge in [0.05, 0.1) is 25.0 Å². The highest BCUT2D eigenvalue weighted by molar-refractivity contribution is 5.78. The van der Waals surface area contributed by atoms with E-state index in [4.69, 9.17) is 4.74 Å². The Kier molecular flexibility index (Phi) is 9.27. The van der Waals surface area contributed by atoms with Crippen LogP contribution in [0.1, 0.15) is 51.0 Å². The molecule has 2 heterocycles. The lowest BCUT2D eigenvalue weighted by molar-refractivity contribution is -0.125. The van der Waals surface area contributed by atoms with Crippen molar-refractivity contribution in [1.29, 1.82) is 0 Å². The van der Waals surface area contributed by atoms with E-state index in [0.717, 1.165) is 37.1 Å². The van der Waals surface area contributed by atoms with Crippen molar-refractivity contribution in [1.82, 2.24) is 20.3 Å². The van der Waals surface area contributed by atoms with E-state index in [1.165, 1.54) is 0 Å². The van der Waals surface area contributed by atoms with E-state index in [9.17, 15) is 9.90 Å². The maximum absolute atomic E-state index is 12.1. The van der Waals surface area contributed by atoms with Crippen molar-refractivity contribution < 1.29 is 14.6 Å². The number of nitrogens with zero attached hydrogens (tertiary/aromatic N) is 3. The Bertz CT molecular complexity index is 988. The number of unbranched alkanes of at least 4 members (excludes halogenated alkanes) is 1. The van der Waals surface area contributed by atoms with Crippen molar-refractivity contribution >= 4 is 23.4 Å². The summed E-state index contributed by atoms with van der Waals surface area (Å²) >= 11 is 0. The van der Waals surface area contributed by atoms with Crippen LogP contribution in [0.2, 0.25) is 0 Å². The average Bonchev–Trinajstić information content (AvgIpc) is 3.27. The number of carbonyl (C=O) groups excluding carboxylic acids is 1. The lowest BCUT2D eigenvalue weighted by Crippen LogP contribution is -2.30. The zero-order valence-corrected chi connectivity index (χ0v) is 19.2. The number of rotatable bonds is 10. The molecule has 1 saturated carbocycles. The molecule has 9 heteroatoms. The maximum atomic E-state index is 12.1. The van der Waals surface area contributed by atoms with Gasteiger partial charge in [0, 0.05) is 43.4 Å². The second-order valence-corrected chi connectivity index (χ2v) is 7.95. The summed E-state index contributed by atoms with van der Waals surface area (Å²) in [7, 11) is 1.57. The van der Waals surface area contributed by atoms with E-state index in [1.807, 2.05) is 6.07 Å². The van der Waals surface area contributed by atoms with Gasteiger partial charge < -0.3 is 25.8 Å². The van der Waals surface area contributed by atoms with E-state index in [2.05, 4.69) is 49.7 Å². The molecule has 4 N–H and O–H groups in total. The number of nitrogens with one attached hydrogen (secondary N) is 3. The molecule has 0 radical (unpaired) electrons. The van der Waals surface area contributed by atoms with Crippen molar-refractivity contribution in [2.24, 2.45) is 5.92 Å². The van der Waals surface area contributed by atoms with E-state index in [0.29, 0.717) is 43.5 Å². The summed E-state index contributed by atoms with van der Waals surface area (Å²) in [5, 5.41) is 19.0. The number of aliphatic hydroxyl groups excluding tert-OH is 1. The Hall–Kier alpha value is -3.38. The van der Waals surface area contributed by atoms with Crippen molar-refractivity contribution in [2.45, 2.75) is 51.6 Å². The molecular formula is C24H32N6O3. The van der Waals surface area contributed by atoms with Crippen molar-refractivity contribution in [2.75, 3.05) is 30.8 Å². The monoisotopic (exact) mass is 452 g/mol. The highest BCUT2D eigenvalue weighted by Crippen LogP contribution is 2.25. The van der Waals surface area contributed by atoms with Gasteiger partial charge >= 0.3 is 0 Å². The zero-order chi connectivity index (χ0) is 23.5. The Labute approximate surface area is 194 Å². The first-order valence-electron chi connectivity index (χ1n) is 11.4. The second kappa shape index (κ2) is 12.6. The smallest absolute Gasteiger partial charge is 0.229 e. The number of carbonyl (C=O) groups is 1. The van der Waals surface area contributed by atoms with Gasteiger partial charge in [0.25, 0.3) is 0 Å². The second-order valence-electron chi connectivity index (χ2n) is 7.95. The maximum Gasteiger partial charge on any atom is 0.229 e. The fourth-order valence-corrected chi connectivity index (χ4v) is 3.53. The van der Waals surface area contributed by atoms with Crippen molar-refractivity contribution in [3.05, 3.63) is 30.1 Å². The van der Waals surface area contributed by atoms with Crippen molar-refractivity contribution in [3.63, 3.8) is 0 Å². The van der Waals surface area contributed by atoms with E-state index in [-0.39, 0.29) is 17.9 Å². The number of amides is 1. The molecule has 9 nitrogen and oxygen atoms in total. The van der Waals surface area contributed by atoms with Crippen LogP contribution in [-0.2, 0) is 4.79 Å². The van der Waals surface area contributed by atoms with Crippen LogP contribution in [0.3, 0.4) is 0 Å². The molecule has 1 aliphatic carbocycles. The molecule has 0 aliphatic heterocycles. The summed E-state index contributed by atoms with van der Waals surface area (Å²) in [6.45, 7) is 3.44. The number of methoxy groups -OCH3 is 1. The summed E-state index contributed by atoms with van der Waals surface area (Å²) in [4.78, 5) is 25.1. The zero-order valence-electron chi connectivity index (χ0n) is 19.2. The molecule has 1 aliphatic rings. The van der Waals surface area contributed by atoms with Crippen molar-refractivity contribution in [3.8, 4) is 17.7 Å². The first-order valence-corrected chi connectivity index (χ1v) is 11.4. The SMILES string of the molecule is CCCNc1nc(Nc2ccnc(OC)c2)ncc1C#CCCCNC(=O)[C@H]1CC[C@@H](O)C1. The van der Waals surface area contributed by atoms with Gasteiger partial charge in [-0.25, -0.2) is 9.97 Å². The predicted octanol–water partition coefficient (Wildman–Crippen LogP) is 2.85. The number of hydrogen-bond acceptors (Lipinski definition) is 8. The fourth-order valence-electron chi connectivity index (χ4n) is 3.53. The summed E-state index contributed by atoms with van der Waals surface area (Å²) in [6, 6.07) is 3.58.